The highest BCUT2D eigenvalue weighted by Crippen LogP contribution is 2.09. The van der Waals surface area contributed by atoms with E-state index in [9.17, 15) is 9.59 Å². The van der Waals surface area contributed by atoms with E-state index in [2.05, 4.69) is 10.7 Å². The molecule has 0 aliphatic heterocycles. The highest BCUT2D eigenvalue weighted by molar-refractivity contribution is 5.67. The Morgan fingerprint density at radius 1 is 0.926 bits per heavy atom. The molecule has 0 heterocycles. The van der Waals surface area contributed by atoms with Crippen LogP contribution in [-0.4, -0.2) is 41.5 Å². The minimum atomic E-state index is -0.569. The molecule has 1 aromatic rings. The SMILES string of the molecule is CC(C)(C)OC(=O)NCCCN(Cc1ccccc1)NC(=O)OC(C)(C)C. The molecule has 7 heteroatoms. The van der Waals surface area contributed by atoms with Gasteiger partial charge in [0.1, 0.15) is 11.2 Å². The summed E-state index contributed by atoms with van der Waals surface area (Å²) in [5, 5.41) is 4.50. The van der Waals surface area contributed by atoms with Gasteiger partial charge in [-0.05, 0) is 53.5 Å². The molecule has 0 spiro atoms. The van der Waals surface area contributed by atoms with Gasteiger partial charge in [-0.25, -0.2) is 14.6 Å². The van der Waals surface area contributed by atoms with Crippen LogP contribution in [0.25, 0.3) is 0 Å². The van der Waals surface area contributed by atoms with Crippen molar-refractivity contribution in [1.82, 2.24) is 15.8 Å². The van der Waals surface area contributed by atoms with Crippen molar-refractivity contribution in [3.8, 4) is 0 Å². The fourth-order valence-corrected chi connectivity index (χ4v) is 2.18. The molecule has 0 atom stereocenters. The maximum absolute atomic E-state index is 12.1. The molecule has 7 nitrogen and oxygen atoms in total. The van der Waals surface area contributed by atoms with Gasteiger partial charge in [0.15, 0.2) is 0 Å². The molecule has 152 valence electrons. The number of alkyl carbamates (subject to hydrolysis) is 1. The van der Waals surface area contributed by atoms with Crippen molar-refractivity contribution < 1.29 is 19.1 Å². The zero-order valence-electron chi connectivity index (χ0n) is 17.3. The van der Waals surface area contributed by atoms with E-state index in [1.807, 2.05) is 71.9 Å². The second kappa shape index (κ2) is 10.2. The fourth-order valence-electron chi connectivity index (χ4n) is 2.18. The molecule has 0 aliphatic carbocycles. The quantitative estimate of drug-likeness (QED) is 0.556. The van der Waals surface area contributed by atoms with Crippen molar-refractivity contribution in [2.75, 3.05) is 13.1 Å². The summed E-state index contributed by atoms with van der Waals surface area (Å²) >= 11 is 0. The number of ether oxygens (including phenoxy) is 2. The van der Waals surface area contributed by atoms with Crippen LogP contribution in [0, 0.1) is 0 Å². The smallest absolute Gasteiger partial charge is 0.422 e. The summed E-state index contributed by atoms with van der Waals surface area (Å²) in [5.41, 5.74) is 2.75. The van der Waals surface area contributed by atoms with Crippen LogP contribution < -0.4 is 10.7 Å². The van der Waals surface area contributed by atoms with Gasteiger partial charge in [-0.1, -0.05) is 30.3 Å². The molecule has 0 unspecified atom stereocenters. The van der Waals surface area contributed by atoms with E-state index in [0.717, 1.165) is 5.56 Å². The highest BCUT2D eigenvalue weighted by atomic mass is 16.6. The van der Waals surface area contributed by atoms with Gasteiger partial charge in [0, 0.05) is 19.6 Å². The number of carbonyl (C=O) groups is 2. The summed E-state index contributed by atoms with van der Waals surface area (Å²) in [6, 6.07) is 9.82. The molecule has 0 bridgehead atoms. The molecular formula is C20H33N3O4. The van der Waals surface area contributed by atoms with Crippen LogP contribution in [0.4, 0.5) is 9.59 Å². The van der Waals surface area contributed by atoms with Gasteiger partial charge < -0.3 is 14.8 Å². The van der Waals surface area contributed by atoms with Crippen LogP contribution in [0.3, 0.4) is 0 Å². The Labute approximate surface area is 162 Å². The number of hydrogen-bond acceptors (Lipinski definition) is 5. The first-order chi connectivity index (χ1) is 12.4. The minimum Gasteiger partial charge on any atom is -0.444 e. The summed E-state index contributed by atoms with van der Waals surface area (Å²) in [5.74, 6) is 0. The second-order valence-electron chi connectivity index (χ2n) is 8.30. The largest absolute Gasteiger partial charge is 0.444 e. The molecule has 0 aromatic heterocycles. The molecule has 0 fully saturated rings. The summed E-state index contributed by atoms with van der Waals surface area (Å²) in [7, 11) is 0. The van der Waals surface area contributed by atoms with E-state index in [-0.39, 0.29) is 0 Å². The Bertz CT molecular complexity index is 591. The summed E-state index contributed by atoms with van der Waals surface area (Å²) in [6.07, 6.45) is -0.308. The molecular weight excluding hydrogens is 346 g/mol. The third kappa shape index (κ3) is 11.9. The number of carbonyl (C=O) groups excluding carboxylic acids is 2. The van der Waals surface area contributed by atoms with Gasteiger partial charge in [-0.2, -0.15) is 0 Å². The number of hydrogen-bond donors (Lipinski definition) is 2. The lowest BCUT2D eigenvalue weighted by atomic mass is 10.2. The van der Waals surface area contributed by atoms with Crippen LogP contribution in [0.5, 0.6) is 0 Å². The normalized spacial score (nSPS) is 11.8. The second-order valence-corrected chi connectivity index (χ2v) is 8.30. The highest BCUT2D eigenvalue weighted by Gasteiger charge is 2.19. The zero-order valence-corrected chi connectivity index (χ0v) is 17.3. The summed E-state index contributed by atoms with van der Waals surface area (Å²) in [4.78, 5) is 23.8. The number of nitrogens with zero attached hydrogens (tertiary/aromatic N) is 1. The molecule has 2 amide bonds. The first-order valence-electron chi connectivity index (χ1n) is 9.20. The minimum absolute atomic E-state index is 0.441. The summed E-state index contributed by atoms with van der Waals surface area (Å²) < 4.78 is 10.5. The summed E-state index contributed by atoms with van der Waals surface area (Å²) in [6.45, 7) is 12.4. The Hall–Kier alpha value is -2.28. The predicted molar refractivity (Wildman–Crippen MR) is 105 cm³/mol. The Morgan fingerprint density at radius 3 is 2.04 bits per heavy atom. The van der Waals surface area contributed by atoms with E-state index in [4.69, 9.17) is 9.47 Å². The maximum Gasteiger partial charge on any atom is 0.422 e. The average molecular weight is 380 g/mol. The fraction of sp³-hybridized carbons (Fsp3) is 0.600. The van der Waals surface area contributed by atoms with Gasteiger partial charge in [0.05, 0.1) is 0 Å². The average Bonchev–Trinajstić information content (AvgIpc) is 2.48. The van der Waals surface area contributed by atoms with Gasteiger partial charge in [0.2, 0.25) is 0 Å². The lowest BCUT2D eigenvalue weighted by molar-refractivity contribution is 0.0308. The standard InChI is InChI=1S/C20H33N3O4/c1-19(2,3)26-17(24)21-13-10-14-23(15-16-11-8-7-9-12-16)22-18(25)27-20(4,5)6/h7-9,11-12H,10,13-15H2,1-6H3,(H,21,24)(H,22,25). The Balaban J connectivity index is 2.53. The van der Waals surface area contributed by atoms with E-state index in [0.29, 0.717) is 26.1 Å². The van der Waals surface area contributed by atoms with Crippen molar-refractivity contribution in [3.63, 3.8) is 0 Å². The van der Waals surface area contributed by atoms with Gasteiger partial charge in [-0.15, -0.1) is 0 Å². The van der Waals surface area contributed by atoms with Crippen molar-refractivity contribution in [3.05, 3.63) is 35.9 Å². The van der Waals surface area contributed by atoms with Crippen LogP contribution in [0.15, 0.2) is 30.3 Å². The first kappa shape index (κ1) is 22.8. The molecule has 0 aliphatic rings. The number of hydrazine groups is 1. The van der Waals surface area contributed by atoms with Crippen molar-refractivity contribution in [2.24, 2.45) is 0 Å². The van der Waals surface area contributed by atoms with E-state index in [1.165, 1.54) is 0 Å². The van der Waals surface area contributed by atoms with Crippen molar-refractivity contribution >= 4 is 12.2 Å². The molecule has 0 radical (unpaired) electrons. The molecule has 2 N–H and O–H groups in total. The van der Waals surface area contributed by atoms with E-state index < -0.39 is 23.4 Å². The zero-order chi connectivity index (χ0) is 20.5. The number of rotatable bonds is 7. The number of nitrogens with one attached hydrogen (secondary N) is 2. The molecule has 0 saturated heterocycles. The Kier molecular flexibility index (Phi) is 8.56. The number of benzene rings is 1. The van der Waals surface area contributed by atoms with Gasteiger partial charge in [0.25, 0.3) is 0 Å². The monoisotopic (exact) mass is 379 g/mol. The van der Waals surface area contributed by atoms with E-state index in [1.54, 1.807) is 5.01 Å². The predicted octanol–water partition coefficient (Wildman–Crippen LogP) is 3.84. The molecule has 1 aromatic carbocycles. The van der Waals surface area contributed by atoms with Crippen LogP contribution >= 0.6 is 0 Å². The molecule has 0 saturated carbocycles. The van der Waals surface area contributed by atoms with Crippen LogP contribution in [0.2, 0.25) is 0 Å². The Morgan fingerprint density at radius 2 is 1.48 bits per heavy atom. The van der Waals surface area contributed by atoms with Crippen LogP contribution in [-0.2, 0) is 16.0 Å². The first-order valence-corrected chi connectivity index (χ1v) is 9.20. The van der Waals surface area contributed by atoms with Crippen LogP contribution in [0.1, 0.15) is 53.5 Å². The molecule has 27 heavy (non-hydrogen) atoms. The third-order valence-electron chi connectivity index (χ3n) is 3.14. The topological polar surface area (TPSA) is 79.9 Å². The van der Waals surface area contributed by atoms with Crippen molar-refractivity contribution in [2.45, 2.75) is 65.7 Å². The van der Waals surface area contributed by atoms with Gasteiger partial charge >= 0.3 is 12.2 Å². The third-order valence-corrected chi connectivity index (χ3v) is 3.14. The number of amides is 2. The lowest BCUT2D eigenvalue weighted by Crippen LogP contribution is -2.45. The maximum atomic E-state index is 12.1. The van der Waals surface area contributed by atoms with Gasteiger partial charge in [-0.3, -0.25) is 5.43 Å². The van der Waals surface area contributed by atoms with Crippen molar-refractivity contribution in [1.29, 1.82) is 0 Å². The van der Waals surface area contributed by atoms with E-state index >= 15 is 0 Å². The lowest BCUT2D eigenvalue weighted by Gasteiger charge is -2.26. The molecule has 1 rings (SSSR count).